The third-order valence-corrected chi connectivity index (χ3v) is 3.76. The Morgan fingerprint density at radius 2 is 2.10 bits per heavy atom. The molecule has 112 valence electrons. The monoisotopic (exact) mass is 321 g/mol. The van der Waals surface area contributed by atoms with Crippen LogP contribution in [-0.2, 0) is 4.74 Å². The molecule has 3 nitrogen and oxygen atoms in total. The summed E-state index contributed by atoms with van der Waals surface area (Å²) in [6.07, 6.45) is -0.314. The molecule has 0 aromatic heterocycles. The Morgan fingerprint density at radius 3 is 2.75 bits per heavy atom. The number of β-amino-alcohol motifs (C(OH)–C–C–N with tert-alkyl or cyclic N) is 1. The van der Waals surface area contributed by atoms with Gasteiger partial charge in [0, 0.05) is 30.2 Å². The molecule has 1 fully saturated rings. The van der Waals surface area contributed by atoms with Crippen LogP contribution in [-0.4, -0.2) is 41.8 Å². The number of hydrogen-bond acceptors (Lipinski definition) is 3. The lowest BCUT2D eigenvalue weighted by Gasteiger charge is -2.36. The Labute approximate surface area is 128 Å². The largest absolute Gasteiger partial charge is 0.389 e. The van der Waals surface area contributed by atoms with Gasteiger partial charge in [-0.2, -0.15) is 0 Å². The maximum Gasteiger partial charge on any atom is 0.142 e. The van der Waals surface area contributed by atoms with Crippen LogP contribution >= 0.6 is 23.2 Å². The van der Waals surface area contributed by atoms with Gasteiger partial charge in [-0.3, -0.25) is 4.90 Å². The highest BCUT2D eigenvalue weighted by Gasteiger charge is 2.27. The van der Waals surface area contributed by atoms with Gasteiger partial charge in [-0.1, -0.05) is 23.2 Å². The van der Waals surface area contributed by atoms with Crippen molar-refractivity contribution >= 4 is 23.2 Å². The number of nitrogens with zero attached hydrogens (tertiary/aromatic N) is 1. The molecule has 1 unspecified atom stereocenters. The van der Waals surface area contributed by atoms with Gasteiger partial charge in [-0.15, -0.1) is 0 Å². The smallest absolute Gasteiger partial charge is 0.142 e. The van der Waals surface area contributed by atoms with Gasteiger partial charge in [0.05, 0.1) is 23.3 Å². The van der Waals surface area contributed by atoms with Crippen LogP contribution in [0, 0.1) is 5.82 Å². The minimum Gasteiger partial charge on any atom is -0.389 e. The Balaban J connectivity index is 2.15. The van der Waals surface area contributed by atoms with Crippen LogP contribution in [0.4, 0.5) is 4.39 Å². The summed E-state index contributed by atoms with van der Waals surface area (Å²) in [4.78, 5) is 2.08. The van der Waals surface area contributed by atoms with E-state index in [0.29, 0.717) is 30.3 Å². The second-order valence-electron chi connectivity index (χ2n) is 5.69. The summed E-state index contributed by atoms with van der Waals surface area (Å²) in [5.41, 5.74) is -0.189. The van der Waals surface area contributed by atoms with Gasteiger partial charge in [0.2, 0.25) is 0 Å². The lowest BCUT2D eigenvalue weighted by Crippen LogP contribution is -2.45. The van der Waals surface area contributed by atoms with Gasteiger partial charge < -0.3 is 9.84 Å². The van der Waals surface area contributed by atoms with Crippen molar-refractivity contribution in [2.45, 2.75) is 25.6 Å². The van der Waals surface area contributed by atoms with Crippen LogP contribution in [0.15, 0.2) is 12.1 Å². The third-order valence-electron chi connectivity index (χ3n) is 3.15. The van der Waals surface area contributed by atoms with Crippen molar-refractivity contribution < 1.29 is 14.2 Å². The fraction of sp³-hybridized carbons (Fsp3) is 0.571. The quantitative estimate of drug-likeness (QED) is 0.867. The summed E-state index contributed by atoms with van der Waals surface area (Å²) in [6, 6.07) is 2.72. The summed E-state index contributed by atoms with van der Waals surface area (Å²) in [7, 11) is 0. The molecule has 2 rings (SSSR count). The first-order valence-electron chi connectivity index (χ1n) is 6.47. The predicted molar refractivity (Wildman–Crippen MR) is 77.9 cm³/mol. The summed E-state index contributed by atoms with van der Waals surface area (Å²) in [5, 5.41) is 10.3. The molecule has 0 bridgehead atoms. The second-order valence-corrected chi connectivity index (χ2v) is 6.51. The Kier molecular flexibility index (Phi) is 4.92. The molecular formula is C14H18Cl2FNO2. The SMILES string of the molecule is CC(C)(O)CN1CCOC(c2cc(F)c(Cl)cc2Cl)C1. The fourth-order valence-electron chi connectivity index (χ4n) is 2.37. The van der Waals surface area contributed by atoms with Crippen LogP contribution in [0.25, 0.3) is 0 Å². The average molecular weight is 322 g/mol. The molecular weight excluding hydrogens is 304 g/mol. The standard InChI is InChI=1S/C14H18Cl2FNO2/c1-14(2,19)8-18-3-4-20-13(7-18)9-5-12(17)11(16)6-10(9)15/h5-6,13,19H,3-4,7-8H2,1-2H3. The first-order chi connectivity index (χ1) is 9.26. The minimum atomic E-state index is -0.781. The predicted octanol–water partition coefficient (Wildman–Crippen LogP) is 3.28. The van der Waals surface area contributed by atoms with Crippen molar-refractivity contribution in [1.82, 2.24) is 4.90 Å². The summed E-state index contributed by atoms with van der Waals surface area (Å²) in [5.74, 6) is -0.505. The van der Waals surface area contributed by atoms with Crippen molar-refractivity contribution in [3.63, 3.8) is 0 Å². The van der Waals surface area contributed by atoms with Crippen molar-refractivity contribution in [2.24, 2.45) is 0 Å². The van der Waals surface area contributed by atoms with Gasteiger partial charge in [-0.25, -0.2) is 4.39 Å². The highest BCUT2D eigenvalue weighted by Crippen LogP contribution is 2.32. The van der Waals surface area contributed by atoms with E-state index in [0.717, 1.165) is 6.54 Å². The molecule has 1 heterocycles. The van der Waals surface area contributed by atoms with Crippen LogP contribution in [0.5, 0.6) is 0 Å². The van der Waals surface area contributed by atoms with Gasteiger partial charge in [0.25, 0.3) is 0 Å². The summed E-state index contributed by atoms with van der Waals surface area (Å²) < 4.78 is 19.2. The zero-order valence-electron chi connectivity index (χ0n) is 11.5. The maximum absolute atomic E-state index is 13.6. The van der Waals surface area contributed by atoms with Crippen LogP contribution in [0.3, 0.4) is 0 Å². The molecule has 20 heavy (non-hydrogen) atoms. The molecule has 1 saturated heterocycles. The Bertz CT molecular complexity index is 491. The number of morpholine rings is 1. The summed E-state index contributed by atoms with van der Waals surface area (Å²) >= 11 is 11.8. The topological polar surface area (TPSA) is 32.7 Å². The molecule has 0 radical (unpaired) electrons. The average Bonchev–Trinajstić information content (AvgIpc) is 2.32. The molecule has 0 aliphatic carbocycles. The van der Waals surface area contributed by atoms with E-state index >= 15 is 0 Å². The lowest BCUT2D eigenvalue weighted by molar-refractivity contribution is -0.0564. The van der Waals surface area contributed by atoms with E-state index in [2.05, 4.69) is 4.90 Å². The van der Waals surface area contributed by atoms with E-state index in [1.54, 1.807) is 13.8 Å². The molecule has 1 aromatic carbocycles. The van der Waals surface area contributed by atoms with Gasteiger partial charge in [0.15, 0.2) is 0 Å². The van der Waals surface area contributed by atoms with Crippen molar-refractivity contribution in [3.05, 3.63) is 33.6 Å². The van der Waals surface area contributed by atoms with E-state index < -0.39 is 11.4 Å². The summed E-state index contributed by atoms with van der Waals surface area (Å²) in [6.45, 7) is 5.85. The highest BCUT2D eigenvalue weighted by molar-refractivity contribution is 6.35. The highest BCUT2D eigenvalue weighted by atomic mass is 35.5. The van der Waals surface area contributed by atoms with Gasteiger partial charge in [0.1, 0.15) is 5.82 Å². The fourth-order valence-corrected chi connectivity index (χ4v) is 2.87. The zero-order chi connectivity index (χ0) is 14.9. The second kappa shape index (κ2) is 6.16. The molecule has 1 aromatic rings. The number of aliphatic hydroxyl groups is 1. The van der Waals surface area contributed by atoms with Crippen LogP contribution < -0.4 is 0 Å². The minimum absolute atomic E-state index is 0.00269. The molecule has 0 amide bonds. The lowest BCUT2D eigenvalue weighted by atomic mass is 10.1. The van der Waals surface area contributed by atoms with Crippen LogP contribution in [0.2, 0.25) is 10.0 Å². The number of halogens is 3. The number of rotatable bonds is 3. The molecule has 1 aliphatic rings. The molecule has 1 atom stereocenters. The number of ether oxygens (including phenoxy) is 1. The first kappa shape index (κ1) is 16.0. The van der Waals surface area contributed by atoms with E-state index in [9.17, 15) is 9.50 Å². The van der Waals surface area contributed by atoms with E-state index in [-0.39, 0.29) is 11.1 Å². The molecule has 0 spiro atoms. The number of benzene rings is 1. The zero-order valence-corrected chi connectivity index (χ0v) is 13.0. The van der Waals surface area contributed by atoms with Gasteiger partial charge >= 0.3 is 0 Å². The van der Waals surface area contributed by atoms with Crippen molar-refractivity contribution in [2.75, 3.05) is 26.2 Å². The molecule has 1 N–H and O–H groups in total. The molecule has 1 aliphatic heterocycles. The number of hydrogen-bond donors (Lipinski definition) is 1. The van der Waals surface area contributed by atoms with E-state index in [4.69, 9.17) is 27.9 Å². The Hall–Kier alpha value is -0.390. The van der Waals surface area contributed by atoms with E-state index in [1.807, 2.05) is 0 Å². The molecule has 6 heteroatoms. The van der Waals surface area contributed by atoms with Crippen molar-refractivity contribution in [3.8, 4) is 0 Å². The first-order valence-corrected chi connectivity index (χ1v) is 7.22. The normalized spacial score (nSPS) is 21.2. The maximum atomic E-state index is 13.6. The van der Waals surface area contributed by atoms with Crippen LogP contribution in [0.1, 0.15) is 25.5 Å². The van der Waals surface area contributed by atoms with Crippen molar-refractivity contribution in [1.29, 1.82) is 0 Å². The van der Waals surface area contributed by atoms with Gasteiger partial charge in [-0.05, 0) is 26.0 Å². The molecule has 0 saturated carbocycles. The third kappa shape index (κ3) is 4.06. The Morgan fingerprint density at radius 1 is 1.40 bits per heavy atom. The van der Waals surface area contributed by atoms with E-state index in [1.165, 1.54) is 12.1 Å².